The third kappa shape index (κ3) is 1.67. The van der Waals surface area contributed by atoms with Gasteiger partial charge in [-0.05, 0) is 19.1 Å². The molecule has 0 bridgehead atoms. The van der Waals surface area contributed by atoms with Gasteiger partial charge in [0.05, 0.1) is 29.8 Å². The molecule has 4 heteroatoms. The Balaban J connectivity index is 2.42. The van der Waals surface area contributed by atoms with Gasteiger partial charge in [-0.25, -0.2) is 9.53 Å². The summed E-state index contributed by atoms with van der Waals surface area (Å²) in [7, 11) is 0. The van der Waals surface area contributed by atoms with Crippen LogP contribution in [0.2, 0.25) is 0 Å². The Bertz CT molecular complexity index is 497. The van der Waals surface area contributed by atoms with Gasteiger partial charge < -0.3 is 5.73 Å². The Kier molecular flexibility index (Phi) is 2.14. The van der Waals surface area contributed by atoms with Crippen LogP contribution in [0, 0.1) is 13.5 Å². The minimum absolute atomic E-state index is 0.621. The smallest absolute Gasteiger partial charge is 0.187 e. The predicted octanol–water partition coefficient (Wildman–Crippen LogP) is 2.31. The summed E-state index contributed by atoms with van der Waals surface area (Å²) in [5, 5.41) is 4.25. The third-order valence-corrected chi connectivity index (χ3v) is 2.18. The van der Waals surface area contributed by atoms with Crippen molar-refractivity contribution in [1.82, 2.24) is 9.78 Å². The molecule has 2 rings (SSSR count). The molecule has 2 aromatic rings. The van der Waals surface area contributed by atoms with Crippen LogP contribution in [0.1, 0.15) is 5.69 Å². The van der Waals surface area contributed by atoms with Crippen molar-refractivity contribution >= 4 is 11.4 Å². The molecule has 0 unspecified atom stereocenters. The molecule has 0 saturated heterocycles. The summed E-state index contributed by atoms with van der Waals surface area (Å²) in [5.41, 5.74) is 8.71. The van der Waals surface area contributed by atoms with Gasteiger partial charge in [0, 0.05) is 0 Å². The third-order valence-electron chi connectivity index (χ3n) is 2.18. The number of aromatic nitrogens is 2. The van der Waals surface area contributed by atoms with Crippen LogP contribution in [0.3, 0.4) is 0 Å². The van der Waals surface area contributed by atoms with Crippen molar-refractivity contribution in [1.29, 1.82) is 0 Å². The van der Waals surface area contributed by atoms with E-state index in [0.29, 0.717) is 11.4 Å². The molecule has 0 aliphatic carbocycles. The fourth-order valence-electron chi connectivity index (χ4n) is 1.29. The van der Waals surface area contributed by atoms with Gasteiger partial charge in [0.1, 0.15) is 0 Å². The summed E-state index contributed by atoms with van der Waals surface area (Å²) in [5.74, 6) is 0. The second kappa shape index (κ2) is 3.46. The van der Waals surface area contributed by atoms with Gasteiger partial charge in [-0.3, -0.25) is 0 Å². The van der Waals surface area contributed by atoms with E-state index in [0.717, 1.165) is 11.4 Å². The van der Waals surface area contributed by atoms with E-state index in [1.54, 1.807) is 23.0 Å². The molecule has 1 heterocycles. The topological polar surface area (TPSA) is 48.2 Å². The van der Waals surface area contributed by atoms with Gasteiger partial charge in [-0.15, -0.1) is 0 Å². The molecular formula is C11H10N4. The summed E-state index contributed by atoms with van der Waals surface area (Å²) in [6.07, 6.45) is 1.77. The minimum Gasteiger partial charge on any atom is -0.396 e. The Morgan fingerprint density at radius 1 is 1.33 bits per heavy atom. The zero-order valence-corrected chi connectivity index (χ0v) is 8.31. The van der Waals surface area contributed by atoms with Crippen molar-refractivity contribution in [2.75, 3.05) is 5.73 Å². The Labute approximate surface area is 87.8 Å². The van der Waals surface area contributed by atoms with E-state index in [1.807, 2.05) is 19.1 Å². The average molecular weight is 198 g/mol. The fourth-order valence-corrected chi connectivity index (χ4v) is 1.29. The van der Waals surface area contributed by atoms with E-state index in [-0.39, 0.29) is 0 Å². The van der Waals surface area contributed by atoms with Gasteiger partial charge >= 0.3 is 0 Å². The van der Waals surface area contributed by atoms with Crippen LogP contribution in [0.5, 0.6) is 0 Å². The zero-order valence-electron chi connectivity index (χ0n) is 8.31. The second-order valence-corrected chi connectivity index (χ2v) is 3.24. The Morgan fingerprint density at radius 3 is 2.47 bits per heavy atom. The highest BCUT2D eigenvalue weighted by Crippen LogP contribution is 2.17. The van der Waals surface area contributed by atoms with E-state index < -0.39 is 0 Å². The molecule has 0 radical (unpaired) electrons. The minimum atomic E-state index is 0.621. The van der Waals surface area contributed by atoms with Crippen LogP contribution < -0.4 is 5.73 Å². The predicted molar refractivity (Wildman–Crippen MR) is 59.0 cm³/mol. The molecule has 0 atom stereocenters. The first-order valence-electron chi connectivity index (χ1n) is 4.50. The summed E-state index contributed by atoms with van der Waals surface area (Å²) in [6, 6.07) is 7.21. The first-order chi connectivity index (χ1) is 7.20. The first-order valence-corrected chi connectivity index (χ1v) is 4.50. The zero-order chi connectivity index (χ0) is 10.8. The van der Waals surface area contributed by atoms with Crippen molar-refractivity contribution in [3.63, 3.8) is 0 Å². The van der Waals surface area contributed by atoms with E-state index in [4.69, 9.17) is 12.3 Å². The monoisotopic (exact) mass is 198 g/mol. The summed E-state index contributed by atoms with van der Waals surface area (Å²) >= 11 is 0. The maximum Gasteiger partial charge on any atom is 0.187 e. The first kappa shape index (κ1) is 9.28. The molecule has 0 saturated carbocycles. The molecule has 0 amide bonds. The molecule has 0 spiro atoms. The molecule has 2 N–H and O–H groups in total. The van der Waals surface area contributed by atoms with Crippen LogP contribution in [-0.4, -0.2) is 9.78 Å². The highest BCUT2D eigenvalue weighted by molar-refractivity contribution is 5.50. The van der Waals surface area contributed by atoms with Gasteiger partial charge in [-0.1, -0.05) is 12.1 Å². The number of nitrogen functional groups attached to an aromatic ring is 1. The van der Waals surface area contributed by atoms with Crippen LogP contribution in [0.25, 0.3) is 10.5 Å². The largest absolute Gasteiger partial charge is 0.396 e. The highest BCUT2D eigenvalue weighted by atomic mass is 15.3. The van der Waals surface area contributed by atoms with Crippen molar-refractivity contribution in [2.24, 2.45) is 0 Å². The number of aryl methyl sites for hydroxylation is 1. The second-order valence-electron chi connectivity index (χ2n) is 3.24. The maximum absolute atomic E-state index is 6.84. The lowest BCUT2D eigenvalue weighted by molar-refractivity contribution is 0.863. The van der Waals surface area contributed by atoms with Crippen LogP contribution in [0.15, 0.2) is 30.5 Å². The fraction of sp³-hybridized carbons (Fsp3) is 0.0909. The number of nitrogens with two attached hydrogens (primary N) is 1. The molecule has 15 heavy (non-hydrogen) atoms. The molecule has 0 aliphatic rings. The van der Waals surface area contributed by atoms with Crippen molar-refractivity contribution in [3.05, 3.63) is 47.6 Å². The maximum atomic E-state index is 6.84. The number of rotatable bonds is 1. The Morgan fingerprint density at radius 2 is 2.00 bits per heavy atom. The molecule has 4 nitrogen and oxygen atoms in total. The van der Waals surface area contributed by atoms with E-state index in [9.17, 15) is 0 Å². The van der Waals surface area contributed by atoms with Crippen molar-refractivity contribution in [3.8, 4) is 5.69 Å². The molecule has 1 aromatic carbocycles. The lowest BCUT2D eigenvalue weighted by Crippen LogP contribution is -1.93. The SMILES string of the molecule is [C-]#[N+]c1ccc(-n2cc(N)c(C)n2)cc1. The number of hydrogen-bond donors (Lipinski definition) is 1. The molecule has 0 aliphatic heterocycles. The van der Waals surface area contributed by atoms with Gasteiger partial charge in [0.25, 0.3) is 0 Å². The molecule has 74 valence electrons. The van der Waals surface area contributed by atoms with E-state index in [2.05, 4.69) is 9.94 Å². The quantitative estimate of drug-likeness (QED) is 0.715. The van der Waals surface area contributed by atoms with Crippen LogP contribution >= 0.6 is 0 Å². The highest BCUT2D eigenvalue weighted by Gasteiger charge is 2.02. The number of nitrogens with zero attached hydrogens (tertiary/aromatic N) is 3. The van der Waals surface area contributed by atoms with Crippen molar-refractivity contribution < 1.29 is 0 Å². The molecular weight excluding hydrogens is 188 g/mol. The Hall–Kier alpha value is -2.28. The average Bonchev–Trinajstić information content (AvgIpc) is 2.59. The lowest BCUT2D eigenvalue weighted by Gasteiger charge is -1.99. The van der Waals surface area contributed by atoms with Crippen LogP contribution in [-0.2, 0) is 0 Å². The molecule has 0 fully saturated rings. The van der Waals surface area contributed by atoms with Gasteiger partial charge in [-0.2, -0.15) is 5.10 Å². The normalized spacial score (nSPS) is 9.87. The summed E-state index contributed by atoms with van der Waals surface area (Å²) in [4.78, 5) is 3.32. The summed E-state index contributed by atoms with van der Waals surface area (Å²) in [6.45, 7) is 8.70. The van der Waals surface area contributed by atoms with Crippen LogP contribution in [0.4, 0.5) is 11.4 Å². The number of benzene rings is 1. The van der Waals surface area contributed by atoms with E-state index in [1.165, 1.54) is 0 Å². The van der Waals surface area contributed by atoms with E-state index >= 15 is 0 Å². The van der Waals surface area contributed by atoms with Gasteiger partial charge in [0.15, 0.2) is 5.69 Å². The standard InChI is InChI=1S/C11H10N4/c1-8-11(12)7-15(14-8)10-5-3-9(13-2)4-6-10/h3-7H,12H2,1H3. The van der Waals surface area contributed by atoms with Gasteiger partial charge in [0.2, 0.25) is 0 Å². The lowest BCUT2D eigenvalue weighted by atomic mass is 10.3. The summed E-state index contributed by atoms with van der Waals surface area (Å²) < 4.78 is 1.71. The number of anilines is 1. The van der Waals surface area contributed by atoms with Crippen molar-refractivity contribution in [2.45, 2.75) is 6.92 Å². The number of hydrogen-bond acceptors (Lipinski definition) is 2. The molecule has 1 aromatic heterocycles.